The molecule has 202 valence electrons. The number of carbonyl (C=O) groups is 1. The van der Waals surface area contributed by atoms with E-state index in [1.807, 2.05) is 28.5 Å². The molecule has 0 radical (unpaired) electrons. The summed E-state index contributed by atoms with van der Waals surface area (Å²) in [5.74, 6) is 2.44. The van der Waals surface area contributed by atoms with Crippen molar-refractivity contribution < 1.29 is 14.3 Å². The van der Waals surface area contributed by atoms with Crippen LogP contribution in [0.4, 0.5) is 0 Å². The van der Waals surface area contributed by atoms with Crippen LogP contribution in [0.3, 0.4) is 0 Å². The highest BCUT2D eigenvalue weighted by Crippen LogP contribution is 2.31. The first-order valence-corrected chi connectivity index (χ1v) is 14.9. The molecule has 1 fully saturated rings. The predicted octanol–water partition coefficient (Wildman–Crippen LogP) is 5.93. The van der Waals surface area contributed by atoms with Gasteiger partial charge in [-0.15, -0.1) is 11.3 Å². The molecule has 0 bridgehead atoms. The van der Waals surface area contributed by atoms with Gasteiger partial charge in [-0.3, -0.25) is 9.69 Å². The van der Waals surface area contributed by atoms with E-state index in [-0.39, 0.29) is 11.9 Å². The summed E-state index contributed by atoms with van der Waals surface area (Å²) >= 11 is 3.25. The highest BCUT2D eigenvalue weighted by Gasteiger charge is 2.28. The average molecular weight is 560 g/mol. The molecule has 2 heterocycles. The molecule has 39 heavy (non-hydrogen) atoms. The molecule has 0 saturated carbocycles. The van der Waals surface area contributed by atoms with Crippen LogP contribution in [0.25, 0.3) is 0 Å². The van der Waals surface area contributed by atoms with Gasteiger partial charge < -0.3 is 14.4 Å². The molecular formula is C31H33N3O3S2. The van der Waals surface area contributed by atoms with Gasteiger partial charge in [-0.2, -0.15) is 0 Å². The average Bonchev–Trinajstić information content (AvgIpc) is 3.44. The van der Waals surface area contributed by atoms with Gasteiger partial charge >= 0.3 is 0 Å². The quantitative estimate of drug-likeness (QED) is 0.225. The Hall–Kier alpha value is -3.33. The van der Waals surface area contributed by atoms with E-state index in [0.29, 0.717) is 6.42 Å². The summed E-state index contributed by atoms with van der Waals surface area (Å²) in [5, 5.41) is 2.00. The third-order valence-corrected chi connectivity index (χ3v) is 9.04. The lowest BCUT2D eigenvalue weighted by molar-refractivity contribution is -0.132. The second-order valence-corrected chi connectivity index (χ2v) is 11.5. The van der Waals surface area contributed by atoms with E-state index in [9.17, 15) is 4.79 Å². The number of methoxy groups -OCH3 is 2. The van der Waals surface area contributed by atoms with E-state index in [1.54, 1.807) is 37.3 Å². The number of carbonyl (C=O) groups excluding carboxylic acids is 1. The Bertz CT molecular complexity index is 1290. The van der Waals surface area contributed by atoms with E-state index >= 15 is 0 Å². The van der Waals surface area contributed by atoms with E-state index in [1.165, 1.54) is 11.1 Å². The number of aromatic nitrogens is 1. The van der Waals surface area contributed by atoms with Crippen molar-refractivity contribution in [2.75, 3.05) is 40.4 Å². The number of hydrogen-bond acceptors (Lipinski definition) is 7. The van der Waals surface area contributed by atoms with Crippen LogP contribution in [0.15, 0.2) is 88.6 Å². The zero-order chi connectivity index (χ0) is 27.0. The fourth-order valence-corrected chi connectivity index (χ4v) is 6.69. The van der Waals surface area contributed by atoms with E-state index in [4.69, 9.17) is 14.5 Å². The number of piperazine rings is 1. The van der Waals surface area contributed by atoms with Crippen LogP contribution in [-0.2, 0) is 17.0 Å². The summed E-state index contributed by atoms with van der Waals surface area (Å²) in [6.07, 6.45) is 0.338. The molecule has 8 heteroatoms. The molecule has 1 amide bonds. The van der Waals surface area contributed by atoms with E-state index < -0.39 is 0 Å². The maximum Gasteiger partial charge on any atom is 0.228 e. The topological polar surface area (TPSA) is 54.9 Å². The Kier molecular flexibility index (Phi) is 9.19. The summed E-state index contributed by atoms with van der Waals surface area (Å²) in [6.45, 7) is 3.11. The van der Waals surface area contributed by atoms with Crippen LogP contribution < -0.4 is 9.47 Å². The number of ether oxygens (including phenoxy) is 2. The minimum absolute atomic E-state index is 0.144. The largest absolute Gasteiger partial charge is 0.497 e. The van der Waals surface area contributed by atoms with Gasteiger partial charge in [-0.25, -0.2) is 4.98 Å². The van der Waals surface area contributed by atoms with Crippen molar-refractivity contribution in [1.82, 2.24) is 14.8 Å². The van der Waals surface area contributed by atoms with Crippen molar-refractivity contribution in [2.45, 2.75) is 22.6 Å². The number of amides is 1. The van der Waals surface area contributed by atoms with Gasteiger partial charge in [0.15, 0.2) is 0 Å². The molecule has 0 unspecified atom stereocenters. The molecular weight excluding hydrogens is 526 g/mol. The smallest absolute Gasteiger partial charge is 0.228 e. The fourth-order valence-electron chi connectivity index (χ4n) is 4.91. The van der Waals surface area contributed by atoms with Crippen molar-refractivity contribution in [3.05, 3.63) is 107 Å². The summed E-state index contributed by atoms with van der Waals surface area (Å²) in [7, 11) is 3.31. The molecule has 3 aromatic carbocycles. The SMILES string of the molecule is COc1cc(CSc2nc(CC(=O)N3CCN(C(c4ccccc4)c4ccccc4)CC3)cs2)cc(OC)c1. The molecule has 1 aromatic heterocycles. The van der Waals surface area contributed by atoms with Crippen molar-refractivity contribution in [1.29, 1.82) is 0 Å². The first kappa shape index (κ1) is 27.2. The molecule has 6 nitrogen and oxygen atoms in total. The van der Waals surface area contributed by atoms with Gasteiger partial charge in [0.2, 0.25) is 5.91 Å². The Morgan fingerprint density at radius 3 is 2.05 bits per heavy atom. The number of hydrogen-bond donors (Lipinski definition) is 0. The highest BCUT2D eigenvalue weighted by atomic mass is 32.2. The lowest BCUT2D eigenvalue weighted by atomic mass is 9.96. The van der Waals surface area contributed by atoms with Crippen molar-refractivity contribution in [2.24, 2.45) is 0 Å². The lowest BCUT2D eigenvalue weighted by Gasteiger charge is -2.39. The minimum Gasteiger partial charge on any atom is -0.497 e. The van der Waals surface area contributed by atoms with Gasteiger partial charge in [0.25, 0.3) is 0 Å². The molecule has 1 saturated heterocycles. The number of rotatable bonds is 10. The van der Waals surface area contributed by atoms with Gasteiger partial charge in [-0.1, -0.05) is 72.4 Å². The van der Waals surface area contributed by atoms with Crippen LogP contribution in [0.5, 0.6) is 11.5 Å². The van der Waals surface area contributed by atoms with Crippen molar-refractivity contribution in [3.63, 3.8) is 0 Å². The summed E-state index contributed by atoms with van der Waals surface area (Å²) in [6, 6.07) is 27.3. The summed E-state index contributed by atoms with van der Waals surface area (Å²) in [5.41, 5.74) is 4.50. The summed E-state index contributed by atoms with van der Waals surface area (Å²) < 4.78 is 11.7. The van der Waals surface area contributed by atoms with Gasteiger partial charge in [0.1, 0.15) is 15.8 Å². The monoisotopic (exact) mass is 559 g/mol. The van der Waals surface area contributed by atoms with Crippen LogP contribution in [0.1, 0.15) is 28.4 Å². The van der Waals surface area contributed by atoms with Gasteiger partial charge in [0.05, 0.1) is 32.4 Å². The van der Waals surface area contributed by atoms with E-state index in [0.717, 1.165) is 59.0 Å². The predicted molar refractivity (Wildman–Crippen MR) is 158 cm³/mol. The Balaban J connectivity index is 1.16. The van der Waals surface area contributed by atoms with Gasteiger partial charge in [0, 0.05) is 43.4 Å². The highest BCUT2D eigenvalue weighted by molar-refractivity contribution is 8.00. The molecule has 5 rings (SSSR count). The molecule has 4 aromatic rings. The molecule has 1 aliphatic heterocycles. The van der Waals surface area contributed by atoms with E-state index in [2.05, 4.69) is 65.6 Å². The fraction of sp³-hybridized carbons (Fsp3) is 0.290. The Labute approximate surface area is 238 Å². The molecule has 0 spiro atoms. The second-order valence-electron chi connectivity index (χ2n) is 9.43. The number of thiazole rings is 1. The van der Waals surface area contributed by atoms with Crippen LogP contribution in [-0.4, -0.2) is 61.1 Å². The number of benzene rings is 3. The zero-order valence-corrected chi connectivity index (χ0v) is 23.9. The third kappa shape index (κ3) is 7.01. The maximum absolute atomic E-state index is 13.2. The normalized spacial score (nSPS) is 14.0. The summed E-state index contributed by atoms with van der Waals surface area (Å²) in [4.78, 5) is 22.4. The minimum atomic E-state index is 0.144. The van der Waals surface area contributed by atoms with Crippen LogP contribution in [0.2, 0.25) is 0 Å². The van der Waals surface area contributed by atoms with Crippen molar-refractivity contribution in [3.8, 4) is 11.5 Å². The Morgan fingerprint density at radius 1 is 0.897 bits per heavy atom. The van der Waals surface area contributed by atoms with Gasteiger partial charge in [-0.05, 0) is 28.8 Å². The molecule has 0 atom stereocenters. The Morgan fingerprint density at radius 2 is 1.49 bits per heavy atom. The first-order valence-electron chi connectivity index (χ1n) is 13.0. The van der Waals surface area contributed by atoms with Crippen LogP contribution in [0, 0.1) is 0 Å². The lowest BCUT2D eigenvalue weighted by Crippen LogP contribution is -2.50. The van der Waals surface area contributed by atoms with Crippen LogP contribution >= 0.6 is 23.1 Å². The van der Waals surface area contributed by atoms with Crippen molar-refractivity contribution >= 4 is 29.0 Å². The molecule has 0 aliphatic carbocycles. The molecule has 1 aliphatic rings. The zero-order valence-electron chi connectivity index (χ0n) is 22.3. The maximum atomic E-state index is 13.2. The first-order chi connectivity index (χ1) is 19.1. The standard InChI is InChI=1S/C31H33N3O3S2/c1-36-27-17-23(18-28(20-27)37-2)21-38-31-32-26(22-39-31)19-29(35)33-13-15-34(16-14-33)30(24-9-5-3-6-10-24)25-11-7-4-8-12-25/h3-12,17-18,20,22,30H,13-16,19,21H2,1-2H3. The second kappa shape index (κ2) is 13.2. The number of thioether (sulfide) groups is 1. The molecule has 0 N–H and O–H groups in total. The number of nitrogens with zero attached hydrogens (tertiary/aromatic N) is 3. The third-order valence-electron chi connectivity index (χ3n) is 6.90.